The van der Waals surface area contributed by atoms with Gasteiger partial charge in [0.2, 0.25) is 0 Å². The van der Waals surface area contributed by atoms with Crippen molar-refractivity contribution in [2.75, 3.05) is 0 Å². The molecule has 3 nitrogen and oxygen atoms in total. The standard InChI is InChI=1S/C10H12F3NO2/c11-10(12,13)9(14)5-8(16)6-3-1-2-4-7(6)15/h1-4,8-9,15-16H,5,14H2/t8-,9+/m1/s1. The van der Waals surface area contributed by atoms with Gasteiger partial charge in [-0.15, -0.1) is 0 Å². The molecule has 0 heterocycles. The van der Waals surface area contributed by atoms with E-state index in [1.807, 2.05) is 0 Å². The van der Waals surface area contributed by atoms with Crippen molar-refractivity contribution in [1.82, 2.24) is 0 Å². The van der Waals surface area contributed by atoms with E-state index < -0.39 is 24.7 Å². The molecule has 0 aliphatic rings. The Morgan fingerprint density at radius 3 is 2.31 bits per heavy atom. The van der Waals surface area contributed by atoms with E-state index in [0.29, 0.717) is 0 Å². The third kappa shape index (κ3) is 3.11. The van der Waals surface area contributed by atoms with Crippen LogP contribution >= 0.6 is 0 Å². The maximum atomic E-state index is 12.1. The van der Waals surface area contributed by atoms with Gasteiger partial charge in [-0.3, -0.25) is 0 Å². The lowest BCUT2D eigenvalue weighted by Gasteiger charge is -2.19. The molecule has 6 heteroatoms. The van der Waals surface area contributed by atoms with Crippen LogP contribution in [0.5, 0.6) is 5.75 Å². The average molecular weight is 235 g/mol. The molecule has 0 bridgehead atoms. The number of aliphatic hydroxyl groups is 1. The molecular weight excluding hydrogens is 223 g/mol. The van der Waals surface area contributed by atoms with Gasteiger partial charge in [-0.2, -0.15) is 13.2 Å². The number of rotatable bonds is 3. The summed E-state index contributed by atoms with van der Waals surface area (Å²) in [7, 11) is 0. The fourth-order valence-electron chi connectivity index (χ4n) is 1.27. The summed E-state index contributed by atoms with van der Waals surface area (Å²) in [5, 5.41) is 18.8. The minimum Gasteiger partial charge on any atom is -0.508 e. The number of hydrogen-bond acceptors (Lipinski definition) is 3. The van der Waals surface area contributed by atoms with Gasteiger partial charge in [0.15, 0.2) is 0 Å². The Hall–Kier alpha value is -1.27. The zero-order valence-corrected chi connectivity index (χ0v) is 8.28. The van der Waals surface area contributed by atoms with Gasteiger partial charge >= 0.3 is 6.18 Å². The first-order chi connectivity index (χ1) is 7.32. The smallest absolute Gasteiger partial charge is 0.403 e. The van der Waals surface area contributed by atoms with Gasteiger partial charge in [-0.25, -0.2) is 0 Å². The van der Waals surface area contributed by atoms with Crippen molar-refractivity contribution in [1.29, 1.82) is 0 Å². The van der Waals surface area contributed by atoms with Crippen LogP contribution in [0.2, 0.25) is 0 Å². The van der Waals surface area contributed by atoms with Crippen molar-refractivity contribution in [3.05, 3.63) is 29.8 Å². The summed E-state index contributed by atoms with van der Waals surface area (Å²) in [4.78, 5) is 0. The van der Waals surface area contributed by atoms with Gasteiger partial charge in [0, 0.05) is 12.0 Å². The first kappa shape index (κ1) is 12.8. The van der Waals surface area contributed by atoms with Crippen LogP contribution in [0, 0.1) is 0 Å². The summed E-state index contributed by atoms with van der Waals surface area (Å²) in [6.45, 7) is 0. The Morgan fingerprint density at radius 1 is 1.25 bits per heavy atom. The number of aliphatic hydroxyl groups excluding tert-OH is 1. The predicted octanol–water partition coefficient (Wildman–Crippen LogP) is 1.71. The Bertz CT molecular complexity index is 354. The molecule has 1 rings (SSSR count). The molecule has 0 aliphatic carbocycles. The van der Waals surface area contributed by atoms with E-state index in [2.05, 4.69) is 0 Å². The number of aromatic hydroxyl groups is 1. The van der Waals surface area contributed by atoms with Gasteiger partial charge in [0.25, 0.3) is 0 Å². The topological polar surface area (TPSA) is 66.5 Å². The van der Waals surface area contributed by atoms with E-state index >= 15 is 0 Å². The summed E-state index contributed by atoms with van der Waals surface area (Å²) < 4.78 is 36.4. The van der Waals surface area contributed by atoms with Gasteiger partial charge in [0.1, 0.15) is 11.8 Å². The number of phenols is 1. The highest BCUT2D eigenvalue weighted by molar-refractivity contribution is 5.33. The van der Waals surface area contributed by atoms with E-state index in [1.54, 1.807) is 0 Å². The van der Waals surface area contributed by atoms with Gasteiger partial charge in [-0.1, -0.05) is 18.2 Å². The summed E-state index contributed by atoms with van der Waals surface area (Å²) in [5.74, 6) is -0.246. The van der Waals surface area contributed by atoms with Gasteiger partial charge in [-0.05, 0) is 6.07 Å². The lowest BCUT2D eigenvalue weighted by molar-refractivity contribution is -0.153. The zero-order chi connectivity index (χ0) is 12.3. The molecule has 1 aromatic rings. The third-order valence-corrected chi connectivity index (χ3v) is 2.19. The highest BCUT2D eigenvalue weighted by Crippen LogP contribution is 2.30. The highest BCUT2D eigenvalue weighted by atomic mass is 19.4. The normalized spacial score (nSPS) is 15.8. The molecule has 1 aromatic carbocycles. The maximum Gasteiger partial charge on any atom is 0.403 e. The van der Waals surface area contributed by atoms with Gasteiger partial charge in [0.05, 0.1) is 6.10 Å². The molecule has 0 amide bonds. The minimum absolute atomic E-state index is 0.0437. The van der Waals surface area contributed by atoms with Crippen LogP contribution in [-0.4, -0.2) is 22.4 Å². The largest absolute Gasteiger partial charge is 0.508 e. The highest BCUT2D eigenvalue weighted by Gasteiger charge is 2.38. The molecule has 0 spiro atoms. The molecule has 16 heavy (non-hydrogen) atoms. The van der Waals surface area contributed by atoms with Crippen LogP contribution in [0.4, 0.5) is 13.2 Å². The molecule has 4 N–H and O–H groups in total. The fraction of sp³-hybridized carbons (Fsp3) is 0.400. The summed E-state index contributed by atoms with van der Waals surface area (Å²) in [5.41, 5.74) is 4.92. The van der Waals surface area contributed by atoms with E-state index in [0.717, 1.165) is 0 Å². The van der Waals surface area contributed by atoms with Crippen molar-refractivity contribution in [3.63, 3.8) is 0 Å². The number of phenolic OH excluding ortho intramolecular Hbond substituents is 1. The molecule has 90 valence electrons. The maximum absolute atomic E-state index is 12.1. The molecule has 0 saturated heterocycles. The summed E-state index contributed by atoms with van der Waals surface area (Å²) in [6, 6.07) is 3.55. The molecule has 0 aromatic heterocycles. The van der Waals surface area contributed by atoms with Crippen LogP contribution in [-0.2, 0) is 0 Å². The predicted molar refractivity (Wildman–Crippen MR) is 51.7 cm³/mol. The summed E-state index contributed by atoms with van der Waals surface area (Å²) in [6.07, 6.45) is -6.66. The van der Waals surface area contributed by atoms with Crippen molar-refractivity contribution in [2.24, 2.45) is 5.73 Å². The Morgan fingerprint density at radius 2 is 1.81 bits per heavy atom. The van der Waals surface area contributed by atoms with Crippen molar-refractivity contribution < 1.29 is 23.4 Å². The zero-order valence-electron chi connectivity index (χ0n) is 8.28. The first-order valence-electron chi connectivity index (χ1n) is 4.60. The number of hydrogen-bond donors (Lipinski definition) is 3. The first-order valence-corrected chi connectivity index (χ1v) is 4.60. The van der Waals surface area contributed by atoms with Crippen LogP contribution in [0.25, 0.3) is 0 Å². The monoisotopic (exact) mass is 235 g/mol. The second-order valence-electron chi connectivity index (χ2n) is 3.46. The number of benzene rings is 1. The van der Waals surface area contributed by atoms with E-state index in [9.17, 15) is 23.4 Å². The SMILES string of the molecule is N[C@@H](C[C@@H](O)c1ccccc1O)C(F)(F)F. The van der Waals surface area contributed by atoms with Crippen LogP contribution < -0.4 is 5.73 Å². The average Bonchev–Trinajstić information content (AvgIpc) is 2.16. The quantitative estimate of drug-likeness (QED) is 0.747. The van der Waals surface area contributed by atoms with Crippen molar-refractivity contribution >= 4 is 0 Å². The van der Waals surface area contributed by atoms with Crippen LogP contribution in [0.1, 0.15) is 18.1 Å². The Labute approximate surface area is 90.3 Å². The van der Waals surface area contributed by atoms with Crippen molar-refractivity contribution in [3.8, 4) is 5.75 Å². The van der Waals surface area contributed by atoms with Crippen LogP contribution in [0.3, 0.4) is 0 Å². The van der Waals surface area contributed by atoms with Crippen molar-refractivity contribution in [2.45, 2.75) is 24.7 Å². The molecule has 0 unspecified atom stereocenters. The van der Waals surface area contributed by atoms with E-state index in [4.69, 9.17) is 5.73 Å². The minimum atomic E-state index is -4.55. The van der Waals surface area contributed by atoms with Gasteiger partial charge < -0.3 is 15.9 Å². The molecule has 0 radical (unpaired) electrons. The Kier molecular flexibility index (Phi) is 3.77. The number of halogens is 3. The number of alkyl halides is 3. The van der Waals surface area contributed by atoms with E-state index in [1.165, 1.54) is 24.3 Å². The molecular formula is C10H12F3NO2. The lowest BCUT2D eigenvalue weighted by Crippen LogP contribution is -2.38. The Balaban J connectivity index is 2.73. The number of para-hydroxylation sites is 1. The molecule has 0 saturated carbocycles. The fourth-order valence-corrected chi connectivity index (χ4v) is 1.27. The third-order valence-electron chi connectivity index (χ3n) is 2.19. The second kappa shape index (κ2) is 4.71. The molecule has 0 fully saturated rings. The summed E-state index contributed by atoms with van der Waals surface area (Å²) >= 11 is 0. The van der Waals surface area contributed by atoms with E-state index in [-0.39, 0.29) is 11.3 Å². The molecule has 0 aliphatic heterocycles. The lowest BCUT2D eigenvalue weighted by atomic mass is 10.0. The number of nitrogens with two attached hydrogens (primary N) is 1. The van der Waals surface area contributed by atoms with Crippen LogP contribution in [0.15, 0.2) is 24.3 Å². The molecule has 2 atom stereocenters. The second-order valence-corrected chi connectivity index (χ2v) is 3.46.